The zero-order chi connectivity index (χ0) is 8.55. The van der Waals surface area contributed by atoms with Crippen LogP contribution in [-0.2, 0) is 0 Å². The van der Waals surface area contributed by atoms with Crippen LogP contribution in [0.4, 0.5) is 4.39 Å². The van der Waals surface area contributed by atoms with Crippen LogP contribution in [0, 0.1) is 5.82 Å². The summed E-state index contributed by atoms with van der Waals surface area (Å²) in [6, 6.07) is 3.03. The van der Waals surface area contributed by atoms with Crippen molar-refractivity contribution in [1.29, 1.82) is 0 Å². The minimum Gasteiger partial charge on any atom is -0.494 e. The lowest BCUT2D eigenvalue weighted by Crippen LogP contribution is -1.86. The van der Waals surface area contributed by atoms with Gasteiger partial charge in [-0.3, -0.25) is 0 Å². The van der Waals surface area contributed by atoms with Crippen molar-refractivity contribution in [1.82, 2.24) is 4.98 Å². The Hall–Kier alpha value is -1.16. The monoisotopic (exact) mass is 183 g/mol. The Bertz CT molecular complexity index is 412. The first-order chi connectivity index (χ1) is 5.81. The predicted molar refractivity (Wildman–Crippen MR) is 46.1 cm³/mol. The second-order valence-electron chi connectivity index (χ2n) is 2.31. The van der Waals surface area contributed by atoms with Crippen molar-refractivity contribution in [3.8, 4) is 5.75 Å². The summed E-state index contributed by atoms with van der Waals surface area (Å²) < 4.78 is 18.8. The molecule has 0 saturated carbocycles. The third-order valence-electron chi connectivity index (χ3n) is 1.60. The molecule has 2 aromatic rings. The summed E-state index contributed by atoms with van der Waals surface area (Å²) in [5.41, 5.74) is 2.36. The van der Waals surface area contributed by atoms with Gasteiger partial charge in [-0.15, -0.1) is 11.3 Å². The molecule has 0 atom stereocenters. The van der Waals surface area contributed by atoms with Crippen LogP contribution >= 0.6 is 11.3 Å². The van der Waals surface area contributed by atoms with E-state index in [1.54, 1.807) is 11.6 Å². The topological polar surface area (TPSA) is 22.1 Å². The number of hydrogen-bond acceptors (Lipinski definition) is 3. The highest BCUT2D eigenvalue weighted by Crippen LogP contribution is 2.26. The second-order valence-corrected chi connectivity index (χ2v) is 3.19. The van der Waals surface area contributed by atoms with E-state index in [4.69, 9.17) is 4.74 Å². The second kappa shape index (κ2) is 2.71. The van der Waals surface area contributed by atoms with Crippen molar-refractivity contribution in [2.75, 3.05) is 7.11 Å². The van der Waals surface area contributed by atoms with Crippen molar-refractivity contribution >= 4 is 21.6 Å². The smallest absolute Gasteiger partial charge is 0.167 e. The quantitative estimate of drug-likeness (QED) is 0.677. The molecule has 1 aromatic carbocycles. The zero-order valence-corrected chi connectivity index (χ0v) is 7.19. The zero-order valence-electron chi connectivity index (χ0n) is 6.37. The Morgan fingerprint density at radius 3 is 3.08 bits per heavy atom. The van der Waals surface area contributed by atoms with Crippen LogP contribution < -0.4 is 4.74 Å². The fourth-order valence-corrected chi connectivity index (χ4v) is 1.70. The number of methoxy groups -OCH3 is 1. The Morgan fingerprint density at radius 1 is 1.50 bits per heavy atom. The first kappa shape index (κ1) is 7.49. The van der Waals surface area contributed by atoms with Crippen molar-refractivity contribution in [3.05, 3.63) is 23.5 Å². The molecule has 1 aromatic heterocycles. The van der Waals surface area contributed by atoms with Crippen LogP contribution in [0.5, 0.6) is 5.75 Å². The molecule has 0 spiro atoms. The molecule has 12 heavy (non-hydrogen) atoms. The molecule has 62 valence electrons. The van der Waals surface area contributed by atoms with Crippen LogP contribution in [0.25, 0.3) is 10.2 Å². The van der Waals surface area contributed by atoms with Gasteiger partial charge in [0.1, 0.15) is 0 Å². The summed E-state index contributed by atoms with van der Waals surface area (Å²) in [6.07, 6.45) is 0. The lowest BCUT2D eigenvalue weighted by Gasteiger charge is -1.99. The molecule has 1 heterocycles. The van der Waals surface area contributed by atoms with Crippen molar-refractivity contribution in [3.63, 3.8) is 0 Å². The van der Waals surface area contributed by atoms with E-state index < -0.39 is 0 Å². The first-order valence-electron chi connectivity index (χ1n) is 3.38. The van der Waals surface area contributed by atoms with Gasteiger partial charge in [0.15, 0.2) is 11.6 Å². The number of rotatable bonds is 1. The molecular weight excluding hydrogens is 177 g/mol. The van der Waals surface area contributed by atoms with E-state index in [0.717, 1.165) is 4.70 Å². The molecule has 2 nitrogen and oxygen atoms in total. The highest BCUT2D eigenvalue weighted by atomic mass is 32.1. The van der Waals surface area contributed by atoms with Gasteiger partial charge in [0.05, 0.1) is 22.8 Å². The van der Waals surface area contributed by atoms with Gasteiger partial charge in [-0.2, -0.15) is 0 Å². The van der Waals surface area contributed by atoms with Crippen molar-refractivity contribution < 1.29 is 9.13 Å². The van der Waals surface area contributed by atoms with E-state index in [2.05, 4.69) is 4.98 Å². The van der Waals surface area contributed by atoms with Gasteiger partial charge in [-0.25, -0.2) is 9.37 Å². The molecule has 0 saturated heterocycles. The van der Waals surface area contributed by atoms with E-state index in [1.807, 2.05) is 0 Å². The summed E-state index contributed by atoms with van der Waals surface area (Å²) in [5, 5.41) is 0. The predicted octanol–water partition coefficient (Wildman–Crippen LogP) is 2.44. The maximum absolute atomic E-state index is 13.0. The fraction of sp³-hybridized carbons (Fsp3) is 0.125. The average Bonchev–Trinajstić information content (AvgIpc) is 2.49. The van der Waals surface area contributed by atoms with E-state index in [1.165, 1.54) is 24.5 Å². The Labute approximate surface area is 72.6 Å². The summed E-state index contributed by atoms with van der Waals surface area (Å²) in [4.78, 5) is 3.98. The number of fused-ring (bicyclic) bond motifs is 1. The summed E-state index contributed by atoms with van der Waals surface area (Å²) in [7, 11) is 1.45. The van der Waals surface area contributed by atoms with E-state index >= 15 is 0 Å². The summed E-state index contributed by atoms with van der Waals surface area (Å²) in [5.74, 6) is -0.0948. The van der Waals surface area contributed by atoms with Gasteiger partial charge in [0, 0.05) is 12.1 Å². The number of hydrogen-bond donors (Lipinski definition) is 0. The largest absolute Gasteiger partial charge is 0.494 e. The molecule has 0 unspecified atom stereocenters. The van der Waals surface area contributed by atoms with Gasteiger partial charge >= 0.3 is 0 Å². The molecule has 0 aliphatic heterocycles. The van der Waals surface area contributed by atoms with E-state index in [-0.39, 0.29) is 11.6 Å². The molecule has 4 heteroatoms. The van der Waals surface area contributed by atoms with Gasteiger partial charge in [0.2, 0.25) is 0 Å². The van der Waals surface area contributed by atoms with Crippen LogP contribution in [0.2, 0.25) is 0 Å². The van der Waals surface area contributed by atoms with Crippen LogP contribution in [0.3, 0.4) is 0 Å². The van der Waals surface area contributed by atoms with Gasteiger partial charge < -0.3 is 4.74 Å². The lowest BCUT2D eigenvalue weighted by atomic mass is 10.3. The highest BCUT2D eigenvalue weighted by Gasteiger charge is 2.05. The lowest BCUT2D eigenvalue weighted by molar-refractivity contribution is 0.387. The number of ether oxygens (including phenoxy) is 1. The number of nitrogens with zero attached hydrogens (tertiary/aromatic N) is 1. The number of benzene rings is 1. The number of thiazole rings is 1. The first-order valence-corrected chi connectivity index (χ1v) is 4.26. The number of aromatic nitrogens is 1. The Balaban J connectivity index is 2.73. The third kappa shape index (κ3) is 1.04. The molecule has 0 radical (unpaired) electrons. The highest BCUT2D eigenvalue weighted by molar-refractivity contribution is 7.16. The van der Waals surface area contributed by atoms with Gasteiger partial charge in [0.25, 0.3) is 0 Å². The maximum atomic E-state index is 13.0. The SMILES string of the molecule is COc1cc2scnc2cc1F. The average molecular weight is 183 g/mol. The van der Waals surface area contributed by atoms with E-state index in [9.17, 15) is 4.39 Å². The normalized spacial score (nSPS) is 10.5. The molecule has 0 N–H and O–H groups in total. The Kier molecular flexibility index (Phi) is 1.69. The van der Waals surface area contributed by atoms with Crippen molar-refractivity contribution in [2.24, 2.45) is 0 Å². The minimum absolute atomic E-state index is 0.270. The third-order valence-corrected chi connectivity index (χ3v) is 2.40. The van der Waals surface area contributed by atoms with Crippen LogP contribution in [0.15, 0.2) is 17.6 Å². The molecule has 0 amide bonds. The standard InChI is InChI=1S/C8H6FNOS/c1-11-7-3-8-6(2-5(7)9)10-4-12-8/h2-4H,1H3. The molecular formula is C8H6FNOS. The molecule has 0 aliphatic rings. The molecule has 0 aliphatic carbocycles. The Morgan fingerprint density at radius 2 is 2.33 bits per heavy atom. The fourth-order valence-electron chi connectivity index (χ4n) is 1.02. The molecule has 0 fully saturated rings. The summed E-state index contributed by atoms with van der Waals surface area (Å²) in [6.45, 7) is 0. The minimum atomic E-state index is -0.365. The van der Waals surface area contributed by atoms with Crippen molar-refractivity contribution in [2.45, 2.75) is 0 Å². The van der Waals surface area contributed by atoms with Crippen LogP contribution in [0.1, 0.15) is 0 Å². The maximum Gasteiger partial charge on any atom is 0.167 e. The van der Waals surface area contributed by atoms with Gasteiger partial charge in [-0.05, 0) is 0 Å². The van der Waals surface area contributed by atoms with Gasteiger partial charge in [-0.1, -0.05) is 0 Å². The van der Waals surface area contributed by atoms with Crippen LogP contribution in [-0.4, -0.2) is 12.1 Å². The van der Waals surface area contributed by atoms with E-state index in [0.29, 0.717) is 5.52 Å². The molecule has 2 rings (SSSR count). The number of halogens is 1. The molecule has 0 bridgehead atoms. The summed E-state index contributed by atoms with van der Waals surface area (Å²) >= 11 is 1.47.